The van der Waals surface area contributed by atoms with Crippen molar-refractivity contribution in [3.63, 3.8) is 0 Å². The summed E-state index contributed by atoms with van der Waals surface area (Å²) in [5, 5.41) is 18.4. The van der Waals surface area contributed by atoms with E-state index in [9.17, 15) is 14.9 Å². The second kappa shape index (κ2) is 8.32. The number of hydrogen-bond donors (Lipinski definition) is 1. The summed E-state index contributed by atoms with van der Waals surface area (Å²) in [7, 11) is 1.41. The third kappa shape index (κ3) is 4.42. The fraction of sp³-hybridized carbons (Fsp3) is 0.118. The Morgan fingerprint density at radius 1 is 1.30 bits per heavy atom. The number of nitrogens with zero attached hydrogens (tertiary/aromatic N) is 4. The molecule has 0 spiro atoms. The molecule has 0 saturated carbocycles. The molecule has 0 fully saturated rings. The van der Waals surface area contributed by atoms with Crippen LogP contribution in [0.5, 0.6) is 5.75 Å². The SMILES string of the molecule is COc1ccc(NC(=O)CSc2ncnn2-c2ccccc2)c([N+](=O)[O-])c1. The van der Waals surface area contributed by atoms with E-state index >= 15 is 0 Å². The molecule has 3 aromatic rings. The first-order valence-corrected chi connectivity index (χ1v) is 8.77. The lowest BCUT2D eigenvalue weighted by molar-refractivity contribution is -0.384. The molecule has 0 aliphatic carbocycles. The Balaban J connectivity index is 1.68. The highest BCUT2D eigenvalue weighted by Gasteiger charge is 2.18. The van der Waals surface area contributed by atoms with E-state index in [-0.39, 0.29) is 17.1 Å². The monoisotopic (exact) mass is 385 g/mol. The molecular weight excluding hydrogens is 370 g/mol. The highest BCUT2D eigenvalue weighted by molar-refractivity contribution is 7.99. The van der Waals surface area contributed by atoms with Gasteiger partial charge in [-0.3, -0.25) is 14.9 Å². The van der Waals surface area contributed by atoms with Gasteiger partial charge in [-0.2, -0.15) is 5.10 Å². The minimum absolute atomic E-state index is 0.0225. The van der Waals surface area contributed by atoms with E-state index in [4.69, 9.17) is 4.74 Å². The lowest BCUT2D eigenvalue weighted by atomic mass is 10.2. The molecular formula is C17H15N5O4S. The topological polar surface area (TPSA) is 112 Å². The van der Waals surface area contributed by atoms with Crippen LogP contribution in [0.25, 0.3) is 5.69 Å². The number of benzene rings is 2. The van der Waals surface area contributed by atoms with E-state index in [0.29, 0.717) is 10.9 Å². The molecule has 9 nitrogen and oxygen atoms in total. The first-order valence-electron chi connectivity index (χ1n) is 7.79. The smallest absolute Gasteiger partial charge is 0.296 e. The van der Waals surface area contributed by atoms with Crippen LogP contribution in [0.3, 0.4) is 0 Å². The number of nitro benzene ring substituents is 1. The number of carbonyl (C=O) groups excluding carboxylic acids is 1. The standard InChI is InChI=1S/C17H15N5O4S/c1-26-13-7-8-14(15(9-13)22(24)25)20-16(23)10-27-17-18-11-19-21(17)12-5-3-2-4-6-12/h2-9,11H,10H2,1H3,(H,20,23). The number of ether oxygens (including phenoxy) is 1. The summed E-state index contributed by atoms with van der Waals surface area (Å²) < 4.78 is 6.60. The number of nitrogens with one attached hydrogen (secondary N) is 1. The van der Waals surface area contributed by atoms with Crippen LogP contribution >= 0.6 is 11.8 Å². The maximum atomic E-state index is 12.2. The lowest BCUT2D eigenvalue weighted by Crippen LogP contribution is -2.15. The third-order valence-electron chi connectivity index (χ3n) is 3.53. The maximum Gasteiger partial charge on any atom is 0.296 e. The molecule has 10 heteroatoms. The number of methoxy groups -OCH3 is 1. The van der Waals surface area contributed by atoms with E-state index in [1.54, 1.807) is 10.7 Å². The second-order valence-electron chi connectivity index (χ2n) is 5.27. The Hall–Kier alpha value is -3.40. The van der Waals surface area contributed by atoms with Gasteiger partial charge in [0.15, 0.2) is 5.16 Å². The van der Waals surface area contributed by atoms with Crippen LogP contribution < -0.4 is 10.1 Å². The predicted molar refractivity (Wildman–Crippen MR) is 100 cm³/mol. The Morgan fingerprint density at radius 2 is 2.07 bits per heavy atom. The van der Waals surface area contributed by atoms with Gasteiger partial charge in [-0.1, -0.05) is 30.0 Å². The summed E-state index contributed by atoms with van der Waals surface area (Å²) in [5.74, 6) is -0.0322. The van der Waals surface area contributed by atoms with E-state index in [1.807, 2.05) is 30.3 Å². The molecule has 0 unspecified atom stereocenters. The summed E-state index contributed by atoms with van der Waals surface area (Å²) in [6.45, 7) is 0. The maximum absolute atomic E-state index is 12.2. The van der Waals surface area contributed by atoms with Crippen LogP contribution in [0.4, 0.5) is 11.4 Å². The average Bonchev–Trinajstić information content (AvgIpc) is 3.16. The Bertz CT molecular complexity index is 961. The van der Waals surface area contributed by atoms with E-state index in [0.717, 1.165) is 5.69 Å². The van der Waals surface area contributed by atoms with Gasteiger partial charge in [-0.25, -0.2) is 9.67 Å². The van der Waals surface area contributed by atoms with Gasteiger partial charge in [0.2, 0.25) is 5.91 Å². The van der Waals surface area contributed by atoms with Crippen LogP contribution in [0, 0.1) is 10.1 Å². The molecule has 27 heavy (non-hydrogen) atoms. The van der Waals surface area contributed by atoms with Crippen molar-refractivity contribution in [3.8, 4) is 11.4 Å². The number of para-hydroxylation sites is 1. The van der Waals surface area contributed by atoms with Gasteiger partial charge in [-0.15, -0.1) is 0 Å². The molecule has 0 aliphatic rings. The molecule has 1 aromatic heterocycles. The van der Waals surface area contributed by atoms with Gasteiger partial charge in [0.1, 0.15) is 17.8 Å². The summed E-state index contributed by atoms with van der Waals surface area (Å²) >= 11 is 1.18. The average molecular weight is 385 g/mol. The van der Waals surface area contributed by atoms with Crippen LogP contribution in [0.15, 0.2) is 60.0 Å². The highest BCUT2D eigenvalue weighted by atomic mass is 32.2. The van der Waals surface area contributed by atoms with Crippen LogP contribution in [0.2, 0.25) is 0 Å². The molecule has 1 amide bonds. The van der Waals surface area contributed by atoms with Gasteiger partial charge < -0.3 is 10.1 Å². The van der Waals surface area contributed by atoms with Crippen molar-refractivity contribution in [2.45, 2.75) is 5.16 Å². The fourth-order valence-corrected chi connectivity index (χ4v) is 3.02. The van der Waals surface area contributed by atoms with Gasteiger partial charge in [0.25, 0.3) is 5.69 Å². The number of hydrogen-bond acceptors (Lipinski definition) is 7. The number of carbonyl (C=O) groups is 1. The summed E-state index contributed by atoms with van der Waals surface area (Å²) in [6.07, 6.45) is 1.40. The first-order chi connectivity index (χ1) is 13.1. The number of thioether (sulfide) groups is 1. The predicted octanol–water partition coefficient (Wildman–Crippen LogP) is 2.91. The zero-order valence-corrected chi connectivity index (χ0v) is 15.0. The summed E-state index contributed by atoms with van der Waals surface area (Å²) in [4.78, 5) is 27.0. The molecule has 0 bridgehead atoms. The molecule has 2 aromatic carbocycles. The van der Waals surface area contributed by atoms with Crippen molar-refractivity contribution >= 4 is 29.0 Å². The number of nitro groups is 1. The van der Waals surface area contributed by atoms with Crippen molar-refractivity contribution < 1.29 is 14.5 Å². The summed E-state index contributed by atoms with van der Waals surface area (Å²) in [6, 6.07) is 13.6. The fourth-order valence-electron chi connectivity index (χ4n) is 2.29. The third-order valence-corrected chi connectivity index (χ3v) is 4.47. The number of anilines is 1. The molecule has 0 radical (unpaired) electrons. The number of aromatic nitrogens is 3. The van der Waals surface area contributed by atoms with Crippen LogP contribution in [-0.4, -0.2) is 38.5 Å². The molecule has 138 valence electrons. The van der Waals surface area contributed by atoms with Gasteiger partial charge in [0.05, 0.1) is 29.5 Å². The van der Waals surface area contributed by atoms with Crippen molar-refractivity contribution in [1.82, 2.24) is 14.8 Å². The molecule has 0 aliphatic heterocycles. The van der Waals surface area contributed by atoms with E-state index in [2.05, 4.69) is 15.4 Å². The number of amides is 1. The molecule has 1 N–H and O–H groups in total. The van der Waals surface area contributed by atoms with Gasteiger partial charge in [0, 0.05) is 0 Å². The minimum Gasteiger partial charge on any atom is -0.496 e. The first kappa shape index (κ1) is 18.4. The quantitative estimate of drug-likeness (QED) is 0.378. The summed E-state index contributed by atoms with van der Waals surface area (Å²) in [5.41, 5.74) is 0.694. The molecule has 0 saturated heterocycles. The highest BCUT2D eigenvalue weighted by Crippen LogP contribution is 2.29. The molecule has 1 heterocycles. The van der Waals surface area contributed by atoms with Crippen molar-refractivity contribution in [2.75, 3.05) is 18.2 Å². The minimum atomic E-state index is -0.572. The van der Waals surface area contributed by atoms with Crippen molar-refractivity contribution in [3.05, 3.63) is 65.0 Å². The van der Waals surface area contributed by atoms with Crippen LogP contribution in [-0.2, 0) is 4.79 Å². The lowest BCUT2D eigenvalue weighted by Gasteiger charge is -2.08. The Labute approximate surface area is 158 Å². The van der Waals surface area contributed by atoms with Crippen molar-refractivity contribution in [1.29, 1.82) is 0 Å². The van der Waals surface area contributed by atoms with Crippen molar-refractivity contribution in [2.24, 2.45) is 0 Å². The van der Waals surface area contributed by atoms with Gasteiger partial charge >= 0.3 is 0 Å². The zero-order valence-electron chi connectivity index (χ0n) is 14.2. The normalized spacial score (nSPS) is 10.4. The largest absolute Gasteiger partial charge is 0.496 e. The Morgan fingerprint density at radius 3 is 2.78 bits per heavy atom. The molecule has 3 rings (SSSR count). The van der Waals surface area contributed by atoms with Crippen LogP contribution in [0.1, 0.15) is 0 Å². The van der Waals surface area contributed by atoms with Gasteiger partial charge in [-0.05, 0) is 24.3 Å². The second-order valence-corrected chi connectivity index (χ2v) is 6.21. The van der Waals surface area contributed by atoms with E-state index in [1.165, 1.54) is 37.3 Å². The zero-order chi connectivity index (χ0) is 19.2. The number of rotatable bonds is 7. The molecule has 0 atom stereocenters. The Kier molecular flexibility index (Phi) is 5.67. The van der Waals surface area contributed by atoms with E-state index < -0.39 is 10.8 Å².